The first kappa shape index (κ1) is 15.8. The van der Waals surface area contributed by atoms with Gasteiger partial charge in [-0.15, -0.1) is 0 Å². The van der Waals surface area contributed by atoms with Crippen molar-refractivity contribution >= 4 is 11.6 Å². The Morgan fingerprint density at radius 1 is 1.38 bits per heavy atom. The van der Waals surface area contributed by atoms with Crippen molar-refractivity contribution in [2.45, 2.75) is 46.2 Å². The molecule has 1 unspecified atom stereocenters. The molecule has 0 saturated carbocycles. The van der Waals surface area contributed by atoms with Gasteiger partial charge in [0.05, 0.1) is 0 Å². The molecule has 0 spiro atoms. The van der Waals surface area contributed by atoms with Crippen LogP contribution in [0.1, 0.15) is 37.8 Å². The van der Waals surface area contributed by atoms with Gasteiger partial charge in [0.1, 0.15) is 6.04 Å². The Hall–Kier alpha value is -1.55. The van der Waals surface area contributed by atoms with Crippen molar-refractivity contribution in [1.82, 2.24) is 10.6 Å². The van der Waals surface area contributed by atoms with E-state index in [9.17, 15) is 4.79 Å². The molecule has 1 aromatic carbocycles. The second kappa shape index (κ2) is 7.46. The van der Waals surface area contributed by atoms with Crippen LogP contribution in [0.4, 0.5) is 5.69 Å². The minimum absolute atomic E-state index is 0.0496. The van der Waals surface area contributed by atoms with Crippen LogP contribution < -0.4 is 15.5 Å². The molecule has 116 valence electrons. The van der Waals surface area contributed by atoms with E-state index in [0.717, 1.165) is 39.0 Å². The van der Waals surface area contributed by atoms with E-state index in [1.54, 1.807) is 0 Å². The highest BCUT2D eigenvalue weighted by atomic mass is 16.2. The maximum Gasteiger partial charge on any atom is 0.242 e. The molecule has 21 heavy (non-hydrogen) atoms. The van der Waals surface area contributed by atoms with E-state index in [0.29, 0.717) is 0 Å². The molecule has 4 heteroatoms. The van der Waals surface area contributed by atoms with Gasteiger partial charge in [-0.05, 0) is 37.9 Å². The van der Waals surface area contributed by atoms with Gasteiger partial charge < -0.3 is 15.5 Å². The van der Waals surface area contributed by atoms with Gasteiger partial charge in [0.25, 0.3) is 0 Å². The zero-order chi connectivity index (χ0) is 15.2. The largest absolute Gasteiger partial charge is 0.357 e. The van der Waals surface area contributed by atoms with Crippen LogP contribution in [-0.4, -0.2) is 31.6 Å². The Morgan fingerprint density at radius 2 is 2.19 bits per heavy atom. The molecule has 1 aromatic rings. The van der Waals surface area contributed by atoms with Gasteiger partial charge in [0, 0.05) is 25.3 Å². The third kappa shape index (κ3) is 3.76. The Bertz CT molecular complexity index is 487. The fraction of sp³-hybridized carbons (Fsp3) is 0.588. The molecule has 1 aliphatic rings. The number of anilines is 1. The lowest BCUT2D eigenvalue weighted by atomic mass is 10.0. The van der Waals surface area contributed by atoms with Gasteiger partial charge in [0.15, 0.2) is 0 Å². The molecule has 1 heterocycles. The van der Waals surface area contributed by atoms with Crippen LogP contribution in [0, 0.1) is 6.92 Å². The lowest BCUT2D eigenvalue weighted by Gasteiger charge is -2.37. The van der Waals surface area contributed by atoms with Crippen LogP contribution in [0.3, 0.4) is 0 Å². The Labute approximate surface area is 127 Å². The molecule has 4 nitrogen and oxygen atoms in total. The van der Waals surface area contributed by atoms with Crippen LogP contribution in [0.5, 0.6) is 0 Å². The molecular formula is C17H27N3O. The summed E-state index contributed by atoms with van der Waals surface area (Å²) in [6.45, 7) is 9.86. The van der Waals surface area contributed by atoms with E-state index < -0.39 is 0 Å². The lowest BCUT2D eigenvalue weighted by Crippen LogP contribution is -2.55. The van der Waals surface area contributed by atoms with Crippen molar-refractivity contribution in [3.05, 3.63) is 29.3 Å². The minimum atomic E-state index is -0.0496. The summed E-state index contributed by atoms with van der Waals surface area (Å²) in [6.07, 6.45) is 1.96. The maximum atomic E-state index is 12.1. The third-order valence-electron chi connectivity index (χ3n) is 4.00. The number of aryl methyl sites for hydroxylation is 1. The molecule has 2 N–H and O–H groups in total. The minimum Gasteiger partial charge on any atom is -0.357 e. The quantitative estimate of drug-likeness (QED) is 0.789. The molecule has 0 aromatic heterocycles. The van der Waals surface area contributed by atoms with E-state index >= 15 is 0 Å². The molecule has 1 amide bonds. The summed E-state index contributed by atoms with van der Waals surface area (Å²) in [5, 5.41) is 6.44. The number of hydrogen-bond acceptors (Lipinski definition) is 3. The molecule has 0 radical (unpaired) electrons. The molecule has 1 aliphatic heterocycles. The number of rotatable bonds is 6. The highest BCUT2D eigenvalue weighted by Crippen LogP contribution is 2.26. The predicted molar refractivity (Wildman–Crippen MR) is 87.6 cm³/mol. The van der Waals surface area contributed by atoms with Crippen molar-refractivity contribution < 1.29 is 4.79 Å². The monoisotopic (exact) mass is 289 g/mol. The SMILES string of the molecule is CCCNCc1cc(C)ccc1N1CCNC(=O)C1CC. The summed E-state index contributed by atoms with van der Waals surface area (Å²) < 4.78 is 0. The van der Waals surface area contributed by atoms with Crippen LogP contribution in [-0.2, 0) is 11.3 Å². The first-order valence-corrected chi connectivity index (χ1v) is 8.02. The van der Waals surface area contributed by atoms with Crippen molar-refractivity contribution in [3.63, 3.8) is 0 Å². The topological polar surface area (TPSA) is 44.4 Å². The highest BCUT2D eigenvalue weighted by molar-refractivity contribution is 5.86. The fourth-order valence-corrected chi connectivity index (χ4v) is 2.94. The first-order valence-electron chi connectivity index (χ1n) is 8.02. The summed E-state index contributed by atoms with van der Waals surface area (Å²) in [5.41, 5.74) is 3.75. The van der Waals surface area contributed by atoms with Crippen molar-refractivity contribution in [2.24, 2.45) is 0 Å². The number of carbonyl (C=O) groups excluding carboxylic acids is 1. The van der Waals surface area contributed by atoms with Crippen LogP contribution in [0.15, 0.2) is 18.2 Å². The third-order valence-corrected chi connectivity index (χ3v) is 4.00. The second-order valence-electron chi connectivity index (χ2n) is 5.72. The molecular weight excluding hydrogens is 262 g/mol. The number of nitrogens with zero attached hydrogens (tertiary/aromatic N) is 1. The highest BCUT2D eigenvalue weighted by Gasteiger charge is 2.29. The Kier molecular flexibility index (Phi) is 5.62. The average molecular weight is 289 g/mol. The number of hydrogen-bond donors (Lipinski definition) is 2. The average Bonchev–Trinajstić information content (AvgIpc) is 2.47. The summed E-state index contributed by atoms with van der Waals surface area (Å²) in [4.78, 5) is 14.3. The number of piperazine rings is 1. The number of nitrogens with one attached hydrogen (secondary N) is 2. The van der Waals surface area contributed by atoms with Gasteiger partial charge in [-0.2, -0.15) is 0 Å². The normalized spacial score (nSPS) is 18.7. The number of amides is 1. The predicted octanol–water partition coefficient (Wildman–Crippen LogP) is 2.21. The fourth-order valence-electron chi connectivity index (χ4n) is 2.94. The van der Waals surface area contributed by atoms with Gasteiger partial charge in [-0.25, -0.2) is 0 Å². The zero-order valence-electron chi connectivity index (χ0n) is 13.4. The van der Waals surface area contributed by atoms with E-state index in [1.807, 2.05) is 0 Å². The Morgan fingerprint density at radius 3 is 2.90 bits per heavy atom. The van der Waals surface area contributed by atoms with Gasteiger partial charge >= 0.3 is 0 Å². The summed E-state index contributed by atoms with van der Waals surface area (Å²) in [6, 6.07) is 6.49. The van der Waals surface area contributed by atoms with Crippen LogP contribution >= 0.6 is 0 Å². The van der Waals surface area contributed by atoms with Crippen LogP contribution in [0.25, 0.3) is 0 Å². The molecule has 1 saturated heterocycles. The van der Waals surface area contributed by atoms with Gasteiger partial charge in [-0.3, -0.25) is 4.79 Å². The summed E-state index contributed by atoms with van der Waals surface area (Å²) in [5.74, 6) is 0.150. The van der Waals surface area contributed by atoms with E-state index in [1.165, 1.54) is 16.8 Å². The summed E-state index contributed by atoms with van der Waals surface area (Å²) >= 11 is 0. The number of carbonyl (C=O) groups is 1. The number of benzene rings is 1. The van der Waals surface area contributed by atoms with Crippen molar-refractivity contribution in [2.75, 3.05) is 24.5 Å². The van der Waals surface area contributed by atoms with Crippen molar-refractivity contribution in [1.29, 1.82) is 0 Å². The lowest BCUT2D eigenvalue weighted by molar-refractivity contribution is -0.123. The molecule has 1 atom stereocenters. The van der Waals surface area contributed by atoms with Crippen molar-refractivity contribution in [3.8, 4) is 0 Å². The van der Waals surface area contributed by atoms with E-state index in [4.69, 9.17) is 0 Å². The molecule has 0 bridgehead atoms. The van der Waals surface area contributed by atoms with E-state index in [-0.39, 0.29) is 11.9 Å². The zero-order valence-corrected chi connectivity index (χ0v) is 13.4. The molecule has 0 aliphatic carbocycles. The summed E-state index contributed by atoms with van der Waals surface area (Å²) in [7, 11) is 0. The molecule has 1 fully saturated rings. The second-order valence-corrected chi connectivity index (χ2v) is 5.72. The van der Waals surface area contributed by atoms with E-state index in [2.05, 4.69) is 54.5 Å². The molecule has 2 rings (SSSR count). The van der Waals surface area contributed by atoms with Crippen LogP contribution in [0.2, 0.25) is 0 Å². The van der Waals surface area contributed by atoms with Gasteiger partial charge in [-0.1, -0.05) is 31.5 Å². The first-order chi connectivity index (χ1) is 10.2. The smallest absolute Gasteiger partial charge is 0.242 e. The van der Waals surface area contributed by atoms with Gasteiger partial charge in [0.2, 0.25) is 5.91 Å². The maximum absolute atomic E-state index is 12.1. The standard InChI is InChI=1S/C17H27N3O/c1-4-8-18-12-14-11-13(3)6-7-16(14)20-10-9-19-17(21)15(20)5-2/h6-7,11,15,18H,4-5,8-10,12H2,1-3H3,(H,19,21). The Balaban J connectivity index is 2.26.